The second-order valence-corrected chi connectivity index (χ2v) is 5.91. The molecule has 2 rings (SSSR count). The average molecular weight is 392 g/mol. The van der Waals surface area contributed by atoms with Crippen LogP contribution in [0.3, 0.4) is 0 Å². The summed E-state index contributed by atoms with van der Waals surface area (Å²) in [7, 11) is 0. The highest BCUT2D eigenvalue weighted by Gasteiger charge is 2.07. The third kappa shape index (κ3) is 7.37. The molecule has 9 nitrogen and oxygen atoms in total. The molecule has 2 aromatic rings. The smallest absolute Gasteiger partial charge is 0.269 e. The Morgan fingerprint density at radius 1 is 0.897 bits per heavy atom. The Kier molecular flexibility index (Phi) is 8.74. The monoisotopic (exact) mass is 392 g/mol. The summed E-state index contributed by atoms with van der Waals surface area (Å²) in [6, 6.07) is 17.4. The van der Waals surface area contributed by atoms with Crippen LogP contribution in [0.15, 0.2) is 58.8 Å². The molecule has 0 fully saturated rings. The third-order valence-electron chi connectivity index (χ3n) is 3.91. The lowest BCUT2D eigenvalue weighted by Gasteiger charge is -2.23. The first-order chi connectivity index (χ1) is 14.1. The molecule has 0 saturated heterocycles. The summed E-state index contributed by atoms with van der Waals surface area (Å²) in [5.41, 5.74) is 2.09. The number of benzene rings is 2. The second-order valence-electron chi connectivity index (χ2n) is 5.91. The molecule has 0 N–H and O–H groups in total. The summed E-state index contributed by atoms with van der Waals surface area (Å²) in [5.74, 6) is 0. The zero-order chi connectivity index (χ0) is 20.9. The minimum Gasteiger partial charge on any atom is -0.379 e. The molecule has 0 spiro atoms. The summed E-state index contributed by atoms with van der Waals surface area (Å²) < 4.78 is 5.42. The molecule has 0 amide bonds. The van der Waals surface area contributed by atoms with Crippen LogP contribution in [-0.2, 0) is 4.74 Å². The van der Waals surface area contributed by atoms with E-state index in [0.717, 1.165) is 5.69 Å². The average Bonchev–Trinajstić information content (AvgIpc) is 2.75. The molecule has 0 heterocycles. The first kappa shape index (κ1) is 21.5. The fraction of sp³-hybridized carbons (Fsp3) is 0.300. The number of hydrogen-bond acceptors (Lipinski definition) is 8. The highest BCUT2D eigenvalue weighted by atomic mass is 16.6. The molecule has 9 heteroatoms. The lowest BCUT2D eigenvalue weighted by molar-refractivity contribution is -0.384. The van der Waals surface area contributed by atoms with Crippen LogP contribution < -0.4 is 4.90 Å². The fourth-order valence-corrected chi connectivity index (χ4v) is 2.44. The number of azo groups is 1. The SMILES string of the molecule is N#CCCOCCN(CCC#N)c1ccc(N=Nc2ccc([N+](=O)[O-])cc2)cc1. The van der Waals surface area contributed by atoms with Crippen molar-refractivity contribution in [2.45, 2.75) is 12.8 Å². The van der Waals surface area contributed by atoms with E-state index in [1.54, 1.807) is 12.1 Å². The summed E-state index contributed by atoms with van der Waals surface area (Å²) >= 11 is 0. The summed E-state index contributed by atoms with van der Waals surface area (Å²) in [6.07, 6.45) is 0.743. The number of nitro groups is 1. The molecule has 148 valence electrons. The lowest BCUT2D eigenvalue weighted by Crippen LogP contribution is -2.28. The molecule has 0 aliphatic rings. The normalized spacial score (nSPS) is 10.4. The van der Waals surface area contributed by atoms with Crippen molar-refractivity contribution in [3.05, 3.63) is 58.6 Å². The van der Waals surface area contributed by atoms with Gasteiger partial charge in [0.1, 0.15) is 0 Å². The van der Waals surface area contributed by atoms with E-state index in [1.807, 2.05) is 23.1 Å². The van der Waals surface area contributed by atoms with Gasteiger partial charge in [-0.25, -0.2) is 0 Å². The van der Waals surface area contributed by atoms with E-state index in [9.17, 15) is 10.1 Å². The van der Waals surface area contributed by atoms with Crippen molar-refractivity contribution < 1.29 is 9.66 Å². The van der Waals surface area contributed by atoms with Gasteiger partial charge in [-0.1, -0.05) is 0 Å². The van der Waals surface area contributed by atoms with Crippen LogP contribution in [0.1, 0.15) is 12.8 Å². The van der Waals surface area contributed by atoms with E-state index >= 15 is 0 Å². The number of ether oxygens (including phenoxy) is 1. The number of nitrogens with zero attached hydrogens (tertiary/aromatic N) is 6. The predicted octanol–water partition coefficient (Wildman–Crippen LogP) is 4.66. The van der Waals surface area contributed by atoms with E-state index in [0.29, 0.717) is 50.5 Å². The van der Waals surface area contributed by atoms with Crippen molar-refractivity contribution in [1.82, 2.24) is 0 Å². The Morgan fingerprint density at radius 3 is 2.03 bits per heavy atom. The van der Waals surface area contributed by atoms with Gasteiger partial charge in [0.15, 0.2) is 0 Å². The van der Waals surface area contributed by atoms with E-state index in [1.165, 1.54) is 24.3 Å². The van der Waals surface area contributed by atoms with Crippen LogP contribution in [0.4, 0.5) is 22.7 Å². The van der Waals surface area contributed by atoms with Crippen LogP contribution >= 0.6 is 0 Å². The Morgan fingerprint density at radius 2 is 1.48 bits per heavy atom. The van der Waals surface area contributed by atoms with Gasteiger partial charge in [-0.2, -0.15) is 20.8 Å². The number of non-ortho nitro benzene ring substituents is 1. The van der Waals surface area contributed by atoms with Crippen LogP contribution in [0.2, 0.25) is 0 Å². The molecule has 0 aliphatic heterocycles. The standard InChI is InChI=1S/C20H20N6O3/c21-11-1-13-25(14-16-29-15-2-12-22)19-7-3-17(4-8-19)23-24-18-5-9-20(10-6-18)26(27)28/h3-10H,1-2,13-16H2. The van der Waals surface area contributed by atoms with Gasteiger partial charge in [-0.3, -0.25) is 10.1 Å². The van der Waals surface area contributed by atoms with Gasteiger partial charge in [-0.15, -0.1) is 0 Å². The van der Waals surface area contributed by atoms with Crippen molar-refractivity contribution in [3.8, 4) is 12.1 Å². The maximum Gasteiger partial charge on any atom is 0.269 e. The molecular weight excluding hydrogens is 372 g/mol. The van der Waals surface area contributed by atoms with E-state index in [4.69, 9.17) is 15.3 Å². The zero-order valence-corrected chi connectivity index (χ0v) is 15.8. The molecule has 0 radical (unpaired) electrons. The highest BCUT2D eigenvalue weighted by Crippen LogP contribution is 2.23. The molecule has 0 bridgehead atoms. The summed E-state index contributed by atoms with van der Waals surface area (Å²) in [4.78, 5) is 12.2. The molecule has 29 heavy (non-hydrogen) atoms. The van der Waals surface area contributed by atoms with Crippen LogP contribution in [0, 0.1) is 32.8 Å². The van der Waals surface area contributed by atoms with Crippen LogP contribution in [0.25, 0.3) is 0 Å². The van der Waals surface area contributed by atoms with Gasteiger partial charge in [-0.05, 0) is 36.4 Å². The first-order valence-electron chi connectivity index (χ1n) is 8.97. The Hall–Kier alpha value is -3.82. The van der Waals surface area contributed by atoms with E-state index < -0.39 is 4.92 Å². The molecule has 2 aromatic carbocycles. The third-order valence-corrected chi connectivity index (χ3v) is 3.91. The van der Waals surface area contributed by atoms with Gasteiger partial charge >= 0.3 is 0 Å². The number of rotatable bonds is 11. The Labute approximate surface area is 168 Å². The van der Waals surface area contributed by atoms with Gasteiger partial charge in [0.05, 0.1) is 54.5 Å². The van der Waals surface area contributed by atoms with Crippen molar-refractivity contribution in [1.29, 1.82) is 10.5 Å². The predicted molar refractivity (Wildman–Crippen MR) is 107 cm³/mol. The fourth-order valence-electron chi connectivity index (χ4n) is 2.44. The van der Waals surface area contributed by atoms with Gasteiger partial charge in [0, 0.05) is 30.9 Å². The molecule has 0 atom stereocenters. The van der Waals surface area contributed by atoms with Crippen molar-refractivity contribution in [2.24, 2.45) is 10.2 Å². The van der Waals surface area contributed by atoms with Gasteiger partial charge in [0.25, 0.3) is 5.69 Å². The maximum atomic E-state index is 10.7. The van der Waals surface area contributed by atoms with Gasteiger partial charge in [0.2, 0.25) is 0 Å². The minimum atomic E-state index is -0.466. The number of nitro benzene ring substituents is 1. The van der Waals surface area contributed by atoms with Crippen molar-refractivity contribution >= 4 is 22.7 Å². The van der Waals surface area contributed by atoms with Crippen LogP contribution in [0.5, 0.6) is 0 Å². The van der Waals surface area contributed by atoms with Crippen molar-refractivity contribution in [2.75, 3.05) is 31.2 Å². The molecule has 0 aromatic heterocycles. The van der Waals surface area contributed by atoms with Crippen molar-refractivity contribution in [3.63, 3.8) is 0 Å². The number of hydrogen-bond donors (Lipinski definition) is 0. The second kappa shape index (κ2) is 11.8. The number of anilines is 1. The topological polar surface area (TPSA) is 128 Å². The maximum absolute atomic E-state index is 10.7. The summed E-state index contributed by atoms with van der Waals surface area (Å²) in [5, 5.41) is 36.3. The van der Waals surface area contributed by atoms with Crippen LogP contribution in [-0.4, -0.2) is 31.2 Å². The molecular formula is C20H20N6O3. The molecule has 0 aliphatic carbocycles. The first-order valence-corrected chi connectivity index (χ1v) is 8.97. The highest BCUT2D eigenvalue weighted by molar-refractivity contribution is 5.53. The lowest BCUT2D eigenvalue weighted by atomic mass is 10.2. The van der Waals surface area contributed by atoms with Gasteiger partial charge < -0.3 is 9.64 Å². The van der Waals surface area contributed by atoms with E-state index in [2.05, 4.69) is 16.3 Å². The Balaban J connectivity index is 1.98. The number of nitriles is 2. The summed E-state index contributed by atoms with van der Waals surface area (Å²) in [6.45, 7) is 2.04. The molecule has 0 saturated carbocycles. The molecule has 0 unspecified atom stereocenters. The van der Waals surface area contributed by atoms with E-state index in [-0.39, 0.29) is 5.69 Å². The minimum absolute atomic E-state index is 0.00219. The zero-order valence-electron chi connectivity index (χ0n) is 15.8. The largest absolute Gasteiger partial charge is 0.379 e. The quantitative estimate of drug-likeness (QED) is 0.237. The Bertz CT molecular complexity index is 898.